The van der Waals surface area contributed by atoms with Crippen LogP contribution in [0, 0.1) is 0 Å². The molecular weight excluding hydrogens is 194 g/mol. The lowest BCUT2D eigenvalue weighted by Crippen LogP contribution is -2.10. The molecule has 2 N–H and O–H groups in total. The van der Waals surface area contributed by atoms with E-state index in [0.29, 0.717) is 0 Å². The van der Waals surface area contributed by atoms with Crippen molar-refractivity contribution in [1.82, 2.24) is 0 Å². The minimum Gasteiger partial charge on any atom is -0.330 e. The summed E-state index contributed by atoms with van der Waals surface area (Å²) in [5, 5.41) is 0. The zero-order valence-electron chi connectivity index (χ0n) is 8.46. The number of nitrogens with two attached hydrogens (primary N) is 1. The third-order valence-electron chi connectivity index (χ3n) is 2.91. The predicted octanol–water partition coefficient (Wildman–Crippen LogP) is 2.49. The zero-order chi connectivity index (χ0) is 9.10. The maximum Gasteiger partial charge on any atom is -0.00366 e. The molecule has 0 fully saturated rings. The van der Waals surface area contributed by atoms with Crippen molar-refractivity contribution in [3.8, 4) is 0 Å². The Bertz CT molecular complexity index is 296. The Morgan fingerprint density at radius 1 is 1.14 bits per heavy atom. The van der Waals surface area contributed by atoms with Gasteiger partial charge in [0.15, 0.2) is 0 Å². The lowest BCUT2D eigenvalue weighted by molar-refractivity contribution is 0.677. The quantitative estimate of drug-likeness (QED) is 0.800. The van der Waals surface area contributed by atoms with Crippen molar-refractivity contribution in [3.05, 3.63) is 34.9 Å². The summed E-state index contributed by atoms with van der Waals surface area (Å²) < 4.78 is 0. The van der Waals surface area contributed by atoms with Crippen LogP contribution in [0.15, 0.2) is 18.2 Å². The normalized spacial score (nSPS) is 14.4. The SMILES string of the molecule is Cl.NCCc1cccc2c1CCCC2. The average Bonchev–Trinajstić information content (AvgIpc) is 2.19. The van der Waals surface area contributed by atoms with Crippen LogP contribution in [0.1, 0.15) is 29.5 Å². The molecule has 1 aliphatic carbocycles. The average molecular weight is 212 g/mol. The van der Waals surface area contributed by atoms with Gasteiger partial charge in [-0.3, -0.25) is 0 Å². The Balaban J connectivity index is 0.000000980. The second kappa shape index (κ2) is 5.38. The molecule has 0 radical (unpaired) electrons. The highest BCUT2D eigenvalue weighted by Crippen LogP contribution is 2.24. The number of hydrogen-bond acceptors (Lipinski definition) is 1. The number of benzene rings is 1. The van der Waals surface area contributed by atoms with Gasteiger partial charge in [0.05, 0.1) is 0 Å². The molecule has 1 nitrogen and oxygen atoms in total. The van der Waals surface area contributed by atoms with Crippen molar-refractivity contribution in [3.63, 3.8) is 0 Å². The van der Waals surface area contributed by atoms with E-state index < -0.39 is 0 Å². The number of hydrogen-bond donors (Lipinski definition) is 1. The summed E-state index contributed by atoms with van der Waals surface area (Å²) in [4.78, 5) is 0. The van der Waals surface area contributed by atoms with Gasteiger partial charge in [0.2, 0.25) is 0 Å². The van der Waals surface area contributed by atoms with Crippen LogP contribution in [0.25, 0.3) is 0 Å². The Kier molecular flexibility index (Phi) is 4.43. The summed E-state index contributed by atoms with van der Waals surface area (Å²) in [7, 11) is 0. The summed E-state index contributed by atoms with van der Waals surface area (Å²) in [5.41, 5.74) is 10.2. The summed E-state index contributed by atoms with van der Waals surface area (Å²) in [6, 6.07) is 6.68. The van der Waals surface area contributed by atoms with E-state index in [1.54, 1.807) is 11.1 Å². The van der Waals surface area contributed by atoms with Gasteiger partial charge in [0.25, 0.3) is 0 Å². The topological polar surface area (TPSA) is 26.0 Å². The molecule has 1 aromatic rings. The van der Waals surface area contributed by atoms with Crippen molar-refractivity contribution in [2.45, 2.75) is 32.1 Å². The maximum absolute atomic E-state index is 5.59. The lowest BCUT2D eigenvalue weighted by atomic mass is 9.87. The van der Waals surface area contributed by atoms with Crippen LogP contribution in [0.3, 0.4) is 0 Å². The van der Waals surface area contributed by atoms with Crippen LogP contribution >= 0.6 is 12.4 Å². The first-order valence-corrected chi connectivity index (χ1v) is 5.21. The molecule has 2 rings (SSSR count). The Hall–Kier alpha value is -0.530. The van der Waals surface area contributed by atoms with Gasteiger partial charge in [0.1, 0.15) is 0 Å². The Morgan fingerprint density at radius 3 is 2.71 bits per heavy atom. The van der Waals surface area contributed by atoms with Gasteiger partial charge < -0.3 is 5.73 Å². The molecule has 14 heavy (non-hydrogen) atoms. The Labute approximate surface area is 92.1 Å². The molecule has 0 saturated heterocycles. The summed E-state index contributed by atoms with van der Waals surface area (Å²) in [6.45, 7) is 0.774. The first kappa shape index (κ1) is 11.5. The van der Waals surface area contributed by atoms with E-state index in [1.165, 1.54) is 31.2 Å². The van der Waals surface area contributed by atoms with Gasteiger partial charge in [-0.1, -0.05) is 18.2 Å². The monoisotopic (exact) mass is 211 g/mol. The van der Waals surface area contributed by atoms with Crippen LogP contribution in [-0.2, 0) is 19.3 Å². The van der Waals surface area contributed by atoms with Gasteiger partial charge in [-0.2, -0.15) is 0 Å². The van der Waals surface area contributed by atoms with E-state index >= 15 is 0 Å². The molecule has 0 spiro atoms. The molecule has 0 atom stereocenters. The molecule has 0 aromatic heterocycles. The van der Waals surface area contributed by atoms with Crippen LogP contribution in [0.4, 0.5) is 0 Å². The summed E-state index contributed by atoms with van der Waals surface area (Å²) in [6.07, 6.45) is 6.30. The molecule has 2 heteroatoms. The van der Waals surface area contributed by atoms with E-state index in [0.717, 1.165) is 13.0 Å². The molecular formula is C12H18ClN. The Morgan fingerprint density at radius 2 is 1.93 bits per heavy atom. The smallest absolute Gasteiger partial charge is 0.00366 e. The van der Waals surface area contributed by atoms with E-state index in [1.807, 2.05) is 0 Å². The molecule has 1 aromatic carbocycles. The van der Waals surface area contributed by atoms with Crippen LogP contribution in [0.2, 0.25) is 0 Å². The lowest BCUT2D eigenvalue weighted by Gasteiger charge is -2.18. The third kappa shape index (κ3) is 2.28. The highest BCUT2D eigenvalue weighted by Gasteiger charge is 2.11. The van der Waals surface area contributed by atoms with Gasteiger partial charge in [-0.15, -0.1) is 12.4 Å². The van der Waals surface area contributed by atoms with Crippen LogP contribution in [0.5, 0.6) is 0 Å². The molecule has 0 saturated carbocycles. The minimum absolute atomic E-state index is 0. The number of fused-ring (bicyclic) bond motifs is 1. The van der Waals surface area contributed by atoms with Gasteiger partial charge in [-0.25, -0.2) is 0 Å². The molecule has 0 bridgehead atoms. The van der Waals surface area contributed by atoms with Crippen LogP contribution in [-0.4, -0.2) is 6.54 Å². The standard InChI is InChI=1S/C12H17N.ClH/c13-9-8-11-6-3-5-10-4-1-2-7-12(10)11;/h3,5-6H,1-2,4,7-9,13H2;1H. The first-order chi connectivity index (χ1) is 6.42. The maximum atomic E-state index is 5.59. The number of aryl methyl sites for hydroxylation is 1. The minimum atomic E-state index is 0. The van der Waals surface area contributed by atoms with Crippen molar-refractivity contribution < 1.29 is 0 Å². The molecule has 1 aliphatic rings. The molecule has 0 amide bonds. The summed E-state index contributed by atoms with van der Waals surface area (Å²) in [5.74, 6) is 0. The van der Waals surface area contributed by atoms with Gasteiger partial charge in [-0.05, 0) is 55.3 Å². The van der Waals surface area contributed by atoms with E-state index in [2.05, 4.69) is 18.2 Å². The zero-order valence-corrected chi connectivity index (χ0v) is 9.28. The van der Waals surface area contributed by atoms with Crippen molar-refractivity contribution >= 4 is 12.4 Å². The first-order valence-electron chi connectivity index (χ1n) is 5.21. The second-order valence-corrected chi connectivity index (χ2v) is 3.80. The molecule has 78 valence electrons. The van der Waals surface area contributed by atoms with E-state index in [4.69, 9.17) is 5.73 Å². The van der Waals surface area contributed by atoms with Crippen LogP contribution < -0.4 is 5.73 Å². The largest absolute Gasteiger partial charge is 0.330 e. The van der Waals surface area contributed by atoms with Crippen molar-refractivity contribution in [2.24, 2.45) is 5.73 Å². The molecule has 0 unspecified atom stereocenters. The van der Waals surface area contributed by atoms with Crippen molar-refractivity contribution in [1.29, 1.82) is 0 Å². The third-order valence-corrected chi connectivity index (χ3v) is 2.91. The second-order valence-electron chi connectivity index (χ2n) is 3.80. The fourth-order valence-corrected chi connectivity index (χ4v) is 2.25. The fraction of sp³-hybridized carbons (Fsp3) is 0.500. The summed E-state index contributed by atoms with van der Waals surface area (Å²) >= 11 is 0. The van der Waals surface area contributed by atoms with E-state index in [-0.39, 0.29) is 12.4 Å². The van der Waals surface area contributed by atoms with Crippen molar-refractivity contribution in [2.75, 3.05) is 6.54 Å². The predicted molar refractivity (Wildman–Crippen MR) is 63.1 cm³/mol. The van der Waals surface area contributed by atoms with Gasteiger partial charge >= 0.3 is 0 Å². The van der Waals surface area contributed by atoms with Gasteiger partial charge in [0, 0.05) is 0 Å². The highest BCUT2D eigenvalue weighted by atomic mass is 35.5. The molecule has 0 heterocycles. The fourth-order valence-electron chi connectivity index (χ4n) is 2.25. The number of rotatable bonds is 2. The highest BCUT2D eigenvalue weighted by molar-refractivity contribution is 5.85. The van der Waals surface area contributed by atoms with E-state index in [9.17, 15) is 0 Å². The number of halogens is 1. The molecule has 0 aliphatic heterocycles.